The average Bonchev–Trinajstić information content (AvgIpc) is 2.57. The van der Waals surface area contributed by atoms with Gasteiger partial charge in [-0.05, 0) is 47.5 Å². The van der Waals surface area contributed by atoms with Crippen LogP contribution < -0.4 is 0 Å². The maximum Gasteiger partial charge on any atom is 0.283 e. The highest BCUT2D eigenvalue weighted by molar-refractivity contribution is 7.87. The second-order valence-corrected chi connectivity index (χ2v) is 9.40. The van der Waals surface area contributed by atoms with Gasteiger partial charge in [-0.15, -0.1) is 0 Å². The van der Waals surface area contributed by atoms with Crippen LogP contribution in [0.25, 0.3) is 0 Å². The van der Waals surface area contributed by atoms with E-state index >= 15 is 0 Å². The Morgan fingerprint density at radius 3 is 1.90 bits per heavy atom. The van der Waals surface area contributed by atoms with Crippen LogP contribution in [0.1, 0.15) is 16.7 Å². The van der Waals surface area contributed by atoms with Crippen LogP contribution in [0.4, 0.5) is 0 Å². The third-order valence-corrected chi connectivity index (χ3v) is 6.82. The van der Waals surface area contributed by atoms with E-state index in [-0.39, 0.29) is 42.5 Å². The zero-order valence-corrected chi connectivity index (χ0v) is 18.1. The molecule has 3 N–H and O–H groups in total. The minimum Gasteiger partial charge on any atom is -0.508 e. The van der Waals surface area contributed by atoms with Gasteiger partial charge in [-0.25, -0.2) is 0 Å². The number of phenolic OH excluding ortho intramolecular Hbond substituents is 2. The van der Waals surface area contributed by atoms with Gasteiger partial charge in [0, 0.05) is 26.7 Å². The van der Waals surface area contributed by atoms with E-state index in [4.69, 9.17) is 46.4 Å². The van der Waals surface area contributed by atoms with E-state index in [0.717, 1.165) is 12.1 Å². The van der Waals surface area contributed by atoms with E-state index in [9.17, 15) is 23.2 Å². The van der Waals surface area contributed by atoms with Crippen molar-refractivity contribution < 1.29 is 23.2 Å². The molecule has 0 saturated heterocycles. The standard InChI is InChI=1S/C19H12Cl4O5S/c20-12-4-11(5-13(21)7-12)19(29(26,27)28,10-2-1-3-15(24)6-10)16-8-14(22)9-17(25)18(16)23/h1-9,24-25H,(H,26,27,28). The summed E-state index contributed by atoms with van der Waals surface area (Å²) >= 11 is 24.5. The summed E-state index contributed by atoms with van der Waals surface area (Å²) in [6.45, 7) is 0. The molecule has 0 saturated carbocycles. The summed E-state index contributed by atoms with van der Waals surface area (Å²) in [5, 5.41) is 19.9. The molecule has 1 atom stereocenters. The number of rotatable bonds is 4. The normalized spacial score (nSPS) is 13.8. The summed E-state index contributed by atoms with van der Waals surface area (Å²) in [6, 6.07) is 11.4. The maximum atomic E-state index is 13.0. The van der Waals surface area contributed by atoms with Gasteiger partial charge < -0.3 is 10.2 Å². The van der Waals surface area contributed by atoms with Crippen LogP contribution in [0.2, 0.25) is 20.1 Å². The van der Waals surface area contributed by atoms with E-state index in [0.29, 0.717) is 0 Å². The van der Waals surface area contributed by atoms with Gasteiger partial charge >= 0.3 is 0 Å². The summed E-state index contributed by atoms with van der Waals surface area (Å²) in [7, 11) is -5.07. The SMILES string of the molecule is O=S(=O)(O)C(c1cccc(O)c1)(c1cc(Cl)cc(Cl)c1)c1cc(Cl)cc(O)c1Cl. The third-order valence-electron chi connectivity index (χ3n) is 4.31. The number of benzene rings is 3. The van der Waals surface area contributed by atoms with Crippen LogP contribution in [-0.2, 0) is 14.9 Å². The fourth-order valence-corrected chi connectivity index (χ4v) is 5.55. The number of phenols is 2. The van der Waals surface area contributed by atoms with E-state index in [2.05, 4.69) is 0 Å². The van der Waals surface area contributed by atoms with E-state index in [1.807, 2.05) is 0 Å². The van der Waals surface area contributed by atoms with Crippen LogP contribution in [-0.4, -0.2) is 23.2 Å². The summed E-state index contributed by atoms with van der Waals surface area (Å²) in [5.74, 6) is -0.776. The highest BCUT2D eigenvalue weighted by atomic mass is 35.5. The Bertz CT molecular complexity index is 1190. The maximum absolute atomic E-state index is 13.0. The minimum atomic E-state index is -5.07. The molecule has 29 heavy (non-hydrogen) atoms. The van der Waals surface area contributed by atoms with Gasteiger partial charge in [0.25, 0.3) is 10.1 Å². The number of hydrogen-bond acceptors (Lipinski definition) is 4. The highest BCUT2D eigenvalue weighted by Gasteiger charge is 2.50. The molecule has 3 aromatic rings. The van der Waals surface area contributed by atoms with Gasteiger partial charge in [0.1, 0.15) is 11.5 Å². The van der Waals surface area contributed by atoms with Crippen molar-refractivity contribution in [2.75, 3.05) is 0 Å². The van der Waals surface area contributed by atoms with Gasteiger partial charge in [0.05, 0.1) is 5.02 Å². The highest BCUT2D eigenvalue weighted by Crippen LogP contribution is 2.50. The van der Waals surface area contributed by atoms with Gasteiger partial charge in [-0.2, -0.15) is 8.42 Å². The number of hydrogen-bond donors (Lipinski definition) is 3. The van der Waals surface area contributed by atoms with Crippen molar-refractivity contribution in [1.82, 2.24) is 0 Å². The van der Waals surface area contributed by atoms with Crippen LogP contribution in [0, 0.1) is 0 Å². The fourth-order valence-electron chi connectivity index (χ4n) is 3.23. The summed E-state index contributed by atoms with van der Waals surface area (Å²) in [5.41, 5.74) is -0.413. The van der Waals surface area contributed by atoms with Crippen LogP contribution in [0.15, 0.2) is 54.6 Å². The lowest BCUT2D eigenvalue weighted by molar-refractivity contribution is 0.455. The predicted molar refractivity (Wildman–Crippen MR) is 114 cm³/mol. The molecule has 3 aromatic carbocycles. The summed E-state index contributed by atoms with van der Waals surface area (Å²) < 4.78 is 34.0. The first-order valence-corrected chi connectivity index (χ1v) is 10.8. The quantitative estimate of drug-likeness (QED) is 0.311. The van der Waals surface area contributed by atoms with Crippen molar-refractivity contribution in [3.8, 4) is 11.5 Å². The molecule has 3 rings (SSSR count). The van der Waals surface area contributed by atoms with Crippen molar-refractivity contribution in [3.63, 3.8) is 0 Å². The van der Waals surface area contributed by atoms with E-state index in [1.165, 1.54) is 42.5 Å². The Morgan fingerprint density at radius 2 is 1.34 bits per heavy atom. The second-order valence-electron chi connectivity index (χ2n) is 6.15. The molecule has 0 aliphatic carbocycles. The molecule has 10 heteroatoms. The zero-order valence-electron chi connectivity index (χ0n) is 14.3. The summed E-state index contributed by atoms with van der Waals surface area (Å²) in [6.07, 6.45) is 0. The Balaban J connectivity index is 2.63. The van der Waals surface area contributed by atoms with Gasteiger partial charge in [-0.1, -0.05) is 58.5 Å². The number of halogens is 4. The molecule has 0 amide bonds. The zero-order chi connectivity index (χ0) is 21.6. The lowest BCUT2D eigenvalue weighted by Crippen LogP contribution is -2.38. The van der Waals surface area contributed by atoms with Gasteiger partial charge in [0.2, 0.25) is 0 Å². The lowest BCUT2D eigenvalue weighted by atomic mass is 9.83. The van der Waals surface area contributed by atoms with Gasteiger partial charge in [0.15, 0.2) is 4.75 Å². The molecule has 0 aromatic heterocycles. The Kier molecular flexibility index (Phi) is 5.98. The van der Waals surface area contributed by atoms with E-state index in [1.54, 1.807) is 0 Å². The van der Waals surface area contributed by atoms with Crippen LogP contribution in [0.3, 0.4) is 0 Å². The Morgan fingerprint density at radius 1 is 0.759 bits per heavy atom. The fraction of sp³-hybridized carbons (Fsp3) is 0.0526. The first-order valence-electron chi connectivity index (χ1n) is 7.88. The van der Waals surface area contributed by atoms with Gasteiger partial charge in [-0.3, -0.25) is 4.55 Å². The molecular weight excluding hydrogens is 482 g/mol. The topological polar surface area (TPSA) is 94.8 Å². The smallest absolute Gasteiger partial charge is 0.283 e. The van der Waals surface area contributed by atoms with Crippen LogP contribution >= 0.6 is 46.4 Å². The van der Waals surface area contributed by atoms with Crippen molar-refractivity contribution in [2.45, 2.75) is 4.75 Å². The second kappa shape index (κ2) is 7.87. The lowest BCUT2D eigenvalue weighted by Gasteiger charge is -2.33. The number of aromatic hydroxyl groups is 2. The monoisotopic (exact) mass is 492 g/mol. The van der Waals surface area contributed by atoms with Crippen LogP contribution in [0.5, 0.6) is 11.5 Å². The van der Waals surface area contributed by atoms with Crippen molar-refractivity contribution in [1.29, 1.82) is 0 Å². The first kappa shape index (κ1) is 22.0. The molecule has 0 fully saturated rings. The molecule has 5 nitrogen and oxygen atoms in total. The van der Waals surface area contributed by atoms with Crippen molar-refractivity contribution in [3.05, 3.63) is 91.4 Å². The Hall–Kier alpha value is -1.67. The predicted octanol–water partition coefficient (Wildman–Crippen LogP) is 5.89. The molecule has 0 aliphatic heterocycles. The molecule has 152 valence electrons. The van der Waals surface area contributed by atoms with Crippen molar-refractivity contribution in [2.24, 2.45) is 0 Å². The van der Waals surface area contributed by atoms with Crippen molar-refractivity contribution >= 4 is 56.5 Å². The largest absolute Gasteiger partial charge is 0.508 e. The molecular formula is C19H12Cl4O5S. The molecule has 1 unspecified atom stereocenters. The first-order chi connectivity index (χ1) is 13.5. The van der Waals surface area contributed by atoms with E-state index < -0.39 is 20.6 Å². The molecule has 0 bridgehead atoms. The average molecular weight is 494 g/mol. The molecule has 0 radical (unpaired) electrons. The summed E-state index contributed by atoms with van der Waals surface area (Å²) in [4.78, 5) is 0. The Labute approximate surface area is 186 Å². The molecule has 0 heterocycles. The minimum absolute atomic E-state index is 0.0387. The third kappa shape index (κ3) is 3.89. The molecule has 0 spiro atoms. The molecule has 0 aliphatic rings.